The molecule has 2 saturated heterocycles. The van der Waals surface area contributed by atoms with E-state index in [2.05, 4.69) is 30.6 Å². The first-order valence-electron chi connectivity index (χ1n) is 14.3. The first-order valence-corrected chi connectivity index (χ1v) is 14.3. The molecule has 8 atom stereocenters. The number of rotatable bonds is 5. The van der Waals surface area contributed by atoms with E-state index >= 15 is 0 Å². The van der Waals surface area contributed by atoms with Crippen LogP contribution in [-0.2, 0) is 4.74 Å². The van der Waals surface area contributed by atoms with Crippen LogP contribution in [0.25, 0.3) is 0 Å². The molecule has 7 rings (SSSR count). The molecule has 1 spiro atoms. The molecule has 0 aromatic rings. The van der Waals surface area contributed by atoms with Crippen LogP contribution in [0.4, 0.5) is 0 Å². The van der Waals surface area contributed by atoms with Gasteiger partial charge in [-0.15, -0.1) is 0 Å². The van der Waals surface area contributed by atoms with E-state index in [9.17, 15) is 5.11 Å². The standard InChI is InChI=1S/C29H47N3O2/c1-26-8-4-5-22-16-29(34-26,19-28(31,11-12-33)25(22)26)23-14-21(13-20-6-7-24(30)32-18-20)15-27(17-23)9-2-3-10-27/h6-7,18,21-25,32-33H,2-5,8-17,19,30-31H2,1H3/t21-,22+,23+,24?,25-,26+,28-,29-/m0/s1. The van der Waals surface area contributed by atoms with Gasteiger partial charge in [0, 0.05) is 24.3 Å². The number of nitrogens with one attached hydrogen (secondary N) is 1. The molecule has 7 aliphatic rings. The third kappa shape index (κ3) is 3.81. The second kappa shape index (κ2) is 8.33. The number of dihydropyridines is 1. The predicted molar refractivity (Wildman–Crippen MR) is 136 cm³/mol. The van der Waals surface area contributed by atoms with Crippen molar-refractivity contribution in [2.75, 3.05) is 6.61 Å². The molecular formula is C29H47N3O2. The van der Waals surface area contributed by atoms with E-state index in [0.29, 0.717) is 29.1 Å². The molecule has 34 heavy (non-hydrogen) atoms. The van der Waals surface area contributed by atoms with Crippen LogP contribution in [0.1, 0.15) is 96.8 Å². The molecule has 5 heteroatoms. The van der Waals surface area contributed by atoms with Crippen molar-refractivity contribution in [3.8, 4) is 0 Å². The van der Waals surface area contributed by atoms with Crippen LogP contribution in [0.2, 0.25) is 0 Å². The van der Waals surface area contributed by atoms with Gasteiger partial charge >= 0.3 is 0 Å². The highest BCUT2D eigenvalue weighted by atomic mass is 16.5. The van der Waals surface area contributed by atoms with Crippen molar-refractivity contribution in [2.24, 2.45) is 40.6 Å². The number of allylic oxidation sites excluding steroid dienone is 2. The minimum absolute atomic E-state index is 0.0573. The van der Waals surface area contributed by atoms with Gasteiger partial charge in [0.15, 0.2) is 0 Å². The topological polar surface area (TPSA) is 93.5 Å². The van der Waals surface area contributed by atoms with Crippen molar-refractivity contribution in [1.29, 1.82) is 0 Å². The lowest BCUT2D eigenvalue weighted by molar-refractivity contribution is -0.327. The number of aliphatic hydroxyl groups excluding tert-OH is 1. The Labute approximate surface area is 206 Å². The third-order valence-electron chi connectivity index (χ3n) is 11.2. The summed E-state index contributed by atoms with van der Waals surface area (Å²) in [5.74, 6) is 2.33. The Morgan fingerprint density at radius 1 is 1.15 bits per heavy atom. The van der Waals surface area contributed by atoms with E-state index in [4.69, 9.17) is 16.2 Å². The van der Waals surface area contributed by atoms with Crippen LogP contribution < -0.4 is 16.8 Å². The lowest BCUT2D eigenvalue weighted by Crippen LogP contribution is -2.76. The minimum atomic E-state index is -0.282. The average molecular weight is 470 g/mol. The summed E-state index contributed by atoms with van der Waals surface area (Å²) in [6.45, 7) is 2.56. The van der Waals surface area contributed by atoms with E-state index < -0.39 is 0 Å². The Bertz CT molecular complexity index is 850. The second-order valence-electron chi connectivity index (χ2n) is 13.6. The highest BCUT2D eigenvalue weighted by Gasteiger charge is 2.69. The zero-order chi connectivity index (χ0) is 23.6. The van der Waals surface area contributed by atoms with Gasteiger partial charge in [-0.1, -0.05) is 25.3 Å². The Morgan fingerprint density at radius 3 is 2.68 bits per heavy atom. The van der Waals surface area contributed by atoms with Crippen LogP contribution in [0, 0.1) is 29.1 Å². The molecule has 4 saturated carbocycles. The van der Waals surface area contributed by atoms with Gasteiger partial charge in [-0.3, -0.25) is 0 Å². The molecular weight excluding hydrogens is 422 g/mol. The number of nitrogens with two attached hydrogens (primary N) is 2. The largest absolute Gasteiger partial charge is 0.396 e. The van der Waals surface area contributed by atoms with Crippen molar-refractivity contribution >= 4 is 0 Å². The maximum absolute atomic E-state index is 10.0. The molecule has 3 heterocycles. The summed E-state index contributed by atoms with van der Waals surface area (Å²) in [6.07, 6.45) is 23.6. The van der Waals surface area contributed by atoms with Gasteiger partial charge in [0.1, 0.15) is 0 Å². The molecule has 4 aliphatic carbocycles. The lowest BCUT2D eigenvalue weighted by atomic mass is 9.45. The van der Waals surface area contributed by atoms with Crippen molar-refractivity contribution in [3.05, 3.63) is 23.9 Å². The summed E-state index contributed by atoms with van der Waals surface area (Å²) in [4.78, 5) is 0. The number of hydrogen-bond donors (Lipinski definition) is 4. The van der Waals surface area contributed by atoms with Gasteiger partial charge in [-0.2, -0.15) is 0 Å². The second-order valence-corrected chi connectivity index (χ2v) is 13.6. The fourth-order valence-corrected chi connectivity index (χ4v) is 10.4. The summed E-state index contributed by atoms with van der Waals surface area (Å²) in [5.41, 5.74) is 14.7. The van der Waals surface area contributed by atoms with Crippen molar-refractivity contribution < 1.29 is 9.84 Å². The molecule has 0 aromatic carbocycles. The van der Waals surface area contributed by atoms with Gasteiger partial charge in [0.05, 0.1) is 17.4 Å². The molecule has 3 aliphatic heterocycles. The highest BCUT2D eigenvalue weighted by Crippen LogP contribution is 2.67. The Kier molecular flexibility index (Phi) is 5.76. The minimum Gasteiger partial charge on any atom is -0.396 e. The molecule has 0 amide bonds. The van der Waals surface area contributed by atoms with E-state index in [1.165, 1.54) is 69.8 Å². The quantitative estimate of drug-likeness (QED) is 0.476. The fraction of sp³-hybridized carbons (Fsp3) is 0.862. The Morgan fingerprint density at radius 2 is 1.97 bits per heavy atom. The van der Waals surface area contributed by atoms with Gasteiger partial charge in [0.2, 0.25) is 0 Å². The summed E-state index contributed by atoms with van der Waals surface area (Å²) >= 11 is 0. The van der Waals surface area contributed by atoms with Crippen LogP contribution >= 0.6 is 0 Å². The number of ether oxygens (including phenoxy) is 1. The Balaban J connectivity index is 1.32. The van der Waals surface area contributed by atoms with E-state index in [1.54, 1.807) is 0 Å². The van der Waals surface area contributed by atoms with Gasteiger partial charge < -0.3 is 26.6 Å². The molecule has 0 radical (unpaired) electrons. The maximum Gasteiger partial charge on any atom is 0.0934 e. The Hall–Kier alpha value is -0.880. The molecule has 6 N–H and O–H groups in total. The molecule has 6 fully saturated rings. The number of fused-ring (bicyclic) bond motifs is 1. The molecule has 190 valence electrons. The summed E-state index contributed by atoms with van der Waals surface area (Å²) in [7, 11) is 0. The van der Waals surface area contributed by atoms with Gasteiger partial charge in [-0.05, 0) is 112 Å². The van der Waals surface area contributed by atoms with Crippen LogP contribution in [0.3, 0.4) is 0 Å². The molecule has 1 unspecified atom stereocenters. The van der Waals surface area contributed by atoms with Crippen molar-refractivity contribution in [1.82, 2.24) is 5.32 Å². The first kappa shape index (κ1) is 23.5. The van der Waals surface area contributed by atoms with Crippen LogP contribution in [0.5, 0.6) is 0 Å². The average Bonchev–Trinajstić information content (AvgIpc) is 3.21. The SMILES string of the molecule is C[C@@]12CCC[C@@H]3C[C@@]([C@@H]4C[C@H](CC5=CNC(N)C=C5)CC5(CCCC5)C4)(C[C@@](N)(CCO)[C@@H]31)O2. The summed E-state index contributed by atoms with van der Waals surface area (Å²) < 4.78 is 7.35. The smallest absolute Gasteiger partial charge is 0.0934 e. The lowest BCUT2D eigenvalue weighted by Gasteiger charge is -2.70. The van der Waals surface area contributed by atoms with Gasteiger partial charge in [-0.25, -0.2) is 0 Å². The van der Waals surface area contributed by atoms with Crippen molar-refractivity contribution in [3.63, 3.8) is 0 Å². The van der Waals surface area contributed by atoms with Crippen molar-refractivity contribution in [2.45, 2.75) is 120 Å². The third-order valence-corrected chi connectivity index (χ3v) is 11.2. The highest BCUT2D eigenvalue weighted by molar-refractivity contribution is 5.25. The molecule has 4 bridgehead atoms. The zero-order valence-corrected chi connectivity index (χ0v) is 21.2. The first-order chi connectivity index (χ1) is 16.3. The normalized spacial score (nSPS) is 49.2. The van der Waals surface area contributed by atoms with Crippen LogP contribution in [-0.4, -0.2) is 34.6 Å². The molecule has 5 nitrogen and oxygen atoms in total. The van der Waals surface area contributed by atoms with Crippen LogP contribution in [0.15, 0.2) is 23.9 Å². The van der Waals surface area contributed by atoms with E-state index in [0.717, 1.165) is 25.7 Å². The van der Waals surface area contributed by atoms with Gasteiger partial charge in [0.25, 0.3) is 0 Å². The molecule has 0 aromatic heterocycles. The predicted octanol–water partition coefficient (Wildman–Crippen LogP) is 4.50. The summed E-state index contributed by atoms with van der Waals surface area (Å²) in [6, 6.07) is 0. The maximum atomic E-state index is 10.0. The number of aliphatic hydroxyl groups is 1. The fourth-order valence-electron chi connectivity index (χ4n) is 10.4. The van der Waals surface area contributed by atoms with E-state index in [1.807, 2.05) is 0 Å². The number of hydrogen-bond acceptors (Lipinski definition) is 5. The van der Waals surface area contributed by atoms with E-state index in [-0.39, 0.29) is 29.5 Å². The summed E-state index contributed by atoms with van der Waals surface area (Å²) in [5, 5.41) is 13.3. The monoisotopic (exact) mass is 469 g/mol. The zero-order valence-electron chi connectivity index (χ0n) is 21.2.